The Morgan fingerprint density at radius 2 is 1.83 bits per heavy atom. The number of amides is 1. The van der Waals surface area contributed by atoms with E-state index in [0.29, 0.717) is 15.8 Å². The van der Waals surface area contributed by atoms with E-state index in [9.17, 15) is 9.90 Å². The molecule has 1 fully saturated rings. The number of carbonyl (C=O) groups is 1. The van der Waals surface area contributed by atoms with Gasteiger partial charge < -0.3 is 9.84 Å². The number of nitrogens with zero attached hydrogens (tertiary/aromatic N) is 1. The topological polar surface area (TPSA) is 49.8 Å². The lowest BCUT2D eigenvalue weighted by Crippen LogP contribution is -2.27. The van der Waals surface area contributed by atoms with Crippen LogP contribution in [0.5, 0.6) is 11.5 Å². The fourth-order valence-corrected chi connectivity index (χ4v) is 3.57. The number of hydrogen-bond donors (Lipinski definition) is 1. The van der Waals surface area contributed by atoms with Crippen molar-refractivity contribution in [3.63, 3.8) is 0 Å². The van der Waals surface area contributed by atoms with Crippen LogP contribution in [-0.4, -0.2) is 21.9 Å². The Morgan fingerprint density at radius 1 is 1.17 bits per heavy atom. The highest BCUT2D eigenvalue weighted by molar-refractivity contribution is 8.27. The summed E-state index contributed by atoms with van der Waals surface area (Å²) in [5, 5.41) is 9.33. The first kappa shape index (κ1) is 16.5. The van der Waals surface area contributed by atoms with Crippen LogP contribution in [0.3, 0.4) is 0 Å². The molecule has 1 amide bonds. The highest BCUT2D eigenvalue weighted by atomic mass is 32.2. The van der Waals surface area contributed by atoms with Crippen molar-refractivity contribution in [1.82, 2.24) is 0 Å². The zero-order valence-corrected chi connectivity index (χ0v) is 14.6. The Balaban J connectivity index is 1.84. The van der Waals surface area contributed by atoms with Crippen LogP contribution < -0.4 is 9.64 Å². The highest BCUT2D eigenvalue weighted by Gasteiger charge is 2.33. The molecule has 6 heteroatoms. The van der Waals surface area contributed by atoms with E-state index in [1.165, 1.54) is 16.7 Å². The van der Waals surface area contributed by atoms with Crippen LogP contribution in [0, 0.1) is 0 Å². The second-order valence-corrected chi connectivity index (χ2v) is 6.71. The summed E-state index contributed by atoms with van der Waals surface area (Å²) in [6.07, 6.45) is 1.77. The second kappa shape index (κ2) is 7.07. The number of phenols is 1. The average Bonchev–Trinajstić information content (AvgIpc) is 2.85. The number of aromatic hydroxyl groups is 1. The van der Waals surface area contributed by atoms with Gasteiger partial charge in [0.25, 0.3) is 5.91 Å². The standard InChI is InChI=1S/C18H15NO3S2/c1-2-22-15-9-5-13(6-10-15)19-17(21)16(24-18(19)23)11-12-3-7-14(20)8-4-12/h3-11,20H,2H2,1H3/b16-11+. The molecule has 1 aliphatic rings. The Hall–Kier alpha value is -2.31. The lowest BCUT2D eigenvalue weighted by atomic mass is 10.2. The summed E-state index contributed by atoms with van der Waals surface area (Å²) in [6, 6.07) is 13.9. The summed E-state index contributed by atoms with van der Waals surface area (Å²) in [5.74, 6) is 0.794. The number of carbonyl (C=O) groups excluding carboxylic acids is 1. The van der Waals surface area contributed by atoms with Gasteiger partial charge in [0.15, 0.2) is 4.32 Å². The van der Waals surface area contributed by atoms with E-state index in [4.69, 9.17) is 17.0 Å². The zero-order valence-electron chi connectivity index (χ0n) is 12.9. The lowest BCUT2D eigenvalue weighted by molar-refractivity contribution is -0.113. The van der Waals surface area contributed by atoms with Crippen molar-refractivity contribution in [2.45, 2.75) is 6.92 Å². The molecule has 122 valence electrons. The van der Waals surface area contributed by atoms with Crippen LogP contribution >= 0.6 is 24.0 Å². The monoisotopic (exact) mass is 357 g/mol. The molecule has 2 aromatic rings. The summed E-state index contributed by atoms with van der Waals surface area (Å²) < 4.78 is 5.91. The number of thioether (sulfide) groups is 1. The summed E-state index contributed by atoms with van der Waals surface area (Å²) in [7, 11) is 0. The Kier molecular flexibility index (Phi) is 4.87. The van der Waals surface area contributed by atoms with Crippen molar-refractivity contribution >= 4 is 46.0 Å². The minimum atomic E-state index is -0.151. The van der Waals surface area contributed by atoms with Gasteiger partial charge in [-0.15, -0.1) is 0 Å². The molecule has 1 heterocycles. The molecule has 0 saturated carbocycles. The van der Waals surface area contributed by atoms with Gasteiger partial charge in [0.05, 0.1) is 17.2 Å². The molecule has 0 aromatic heterocycles. The van der Waals surface area contributed by atoms with Gasteiger partial charge in [-0.1, -0.05) is 36.1 Å². The predicted octanol–water partition coefficient (Wildman–Crippen LogP) is 4.20. The van der Waals surface area contributed by atoms with E-state index in [1.54, 1.807) is 30.3 Å². The van der Waals surface area contributed by atoms with E-state index in [0.717, 1.165) is 17.0 Å². The van der Waals surface area contributed by atoms with Crippen molar-refractivity contribution in [3.8, 4) is 11.5 Å². The first-order valence-electron chi connectivity index (χ1n) is 7.38. The van der Waals surface area contributed by atoms with Crippen molar-refractivity contribution in [2.75, 3.05) is 11.5 Å². The third-order valence-electron chi connectivity index (χ3n) is 3.39. The van der Waals surface area contributed by atoms with Gasteiger partial charge in [-0.3, -0.25) is 9.69 Å². The molecule has 2 aromatic carbocycles. The maximum absolute atomic E-state index is 12.7. The minimum Gasteiger partial charge on any atom is -0.508 e. The van der Waals surface area contributed by atoms with Gasteiger partial charge in [-0.2, -0.15) is 0 Å². The largest absolute Gasteiger partial charge is 0.508 e. The quantitative estimate of drug-likeness (QED) is 0.657. The predicted molar refractivity (Wildman–Crippen MR) is 101 cm³/mol. The van der Waals surface area contributed by atoms with Crippen LogP contribution in [0.25, 0.3) is 6.08 Å². The van der Waals surface area contributed by atoms with E-state index >= 15 is 0 Å². The number of rotatable bonds is 4. The first-order chi connectivity index (χ1) is 11.6. The molecule has 0 atom stereocenters. The van der Waals surface area contributed by atoms with E-state index in [2.05, 4.69) is 0 Å². The van der Waals surface area contributed by atoms with Gasteiger partial charge in [-0.25, -0.2) is 0 Å². The van der Waals surface area contributed by atoms with E-state index < -0.39 is 0 Å². The Morgan fingerprint density at radius 3 is 2.46 bits per heavy atom. The smallest absolute Gasteiger partial charge is 0.270 e. The molecule has 0 bridgehead atoms. The summed E-state index contributed by atoms with van der Waals surface area (Å²) in [6.45, 7) is 2.51. The second-order valence-electron chi connectivity index (χ2n) is 5.04. The van der Waals surface area contributed by atoms with Crippen LogP contribution in [0.2, 0.25) is 0 Å². The Bertz CT molecular complexity index is 798. The molecule has 0 unspecified atom stereocenters. The number of thiocarbonyl (C=S) groups is 1. The molecule has 1 N–H and O–H groups in total. The lowest BCUT2D eigenvalue weighted by Gasteiger charge is -2.15. The van der Waals surface area contributed by atoms with Gasteiger partial charge in [0.1, 0.15) is 11.5 Å². The third kappa shape index (κ3) is 3.44. The molecule has 3 rings (SSSR count). The molecule has 24 heavy (non-hydrogen) atoms. The third-order valence-corrected chi connectivity index (χ3v) is 4.69. The zero-order chi connectivity index (χ0) is 17.1. The van der Waals surface area contributed by atoms with Crippen molar-refractivity contribution in [3.05, 3.63) is 59.0 Å². The van der Waals surface area contributed by atoms with Gasteiger partial charge >= 0.3 is 0 Å². The van der Waals surface area contributed by atoms with E-state index in [1.807, 2.05) is 31.2 Å². The molecule has 1 saturated heterocycles. The van der Waals surface area contributed by atoms with E-state index in [-0.39, 0.29) is 11.7 Å². The van der Waals surface area contributed by atoms with Crippen molar-refractivity contribution in [2.24, 2.45) is 0 Å². The molecule has 4 nitrogen and oxygen atoms in total. The van der Waals surface area contributed by atoms with Gasteiger partial charge in [0.2, 0.25) is 0 Å². The summed E-state index contributed by atoms with van der Waals surface area (Å²) in [4.78, 5) is 14.7. The molecular weight excluding hydrogens is 342 g/mol. The highest BCUT2D eigenvalue weighted by Crippen LogP contribution is 2.36. The summed E-state index contributed by atoms with van der Waals surface area (Å²) >= 11 is 6.62. The maximum atomic E-state index is 12.7. The first-order valence-corrected chi connectivity index (χ1v) is 8.61. The van der Waals surface area contributed by atoms with Crippen LogP contribution in [0.1, 0.15) is 12.5 Å². The number of benzene rings is 2. The molecule has 0 spiro atoms. The number of phenolic OH excluding ortho intramolecular Hbond substituents is 1. The van der Waals surface area contributed by atoms with Gasteiger partial charge in [-0.05, 0) is 55.0 Å². The molecule has 1 aliphatic heterocycles. The molecular formula is C18H15NO3S2. The fourth-order valence-electron chi connectivity index (χ4n) is 2.27. The fraction of sp³-hybridized carbons (Fsp3) is 0.111. The number of anilines is 1. The average molecular weight is 357 g/mol. The van der Waals surface area contributed by atoms with Crippen LogP contribution in [0.15, 0.2) is 53.4 Å². The SMILES string of the molecule is CCOc1ccc(N2C(=O)/C(=C\c3ccc(O)cc3)SC2=S)cc1. The number of hydrogen-bond acceptors (Lipinski definition) is 5. The van der Waals surface area contributed by atoms with Crippen LogP contribution in [-0.2, 0) is 4.79 Å². The summed E-state index contributed by atoms with van der Waals surface area (Å²) in [5.41, 5.74) is 1.55. The molecule has 0 aliphatic carbocycles. The number of ether oxygens (including phenoxy) is 1. The minimum absolute atomic E-state index is 0.151. The normalized spacial score (nSPS) is 16.0. The van der Waals surface area contributed by atoms with Crippen LogP contribution in [0.4, 0.5) is 5.69 Å². The Labute approximate surface area is 149 Å². The van der Waals surface area contributed by atoms with Gasteiger partial charge in [0, 0.05) is 0 Å². The maximum Gasteiger partial charge on any atom is 0.270 e. The molecule has 0 radical (unpaired) electrons. The van der Waals surface area contributed by atoms with Crippen molar-refractivity contribution < 1.29 is 14.6 Å². The van der Waals surface area contributed by atoms with Crippen molar-refractivity contribution in [1.29, 1.82) is 0 Å².